The maximum absolute atomic E-state index is 4.13. The first-order chi connectivity index (χ1) is 6.95. The summed E-state index contributed by atoms with van der Waals surface area (Å²) in [5.74, 6) is 0. The number of hydrogen-bond donors (Lipinski definition) is 0. The van der Waals surface area contributed by atoms with Crippen LogP contribution in [0.15, 0.2) is 42.9 Å². The first kappa shape index (κ1) is 8.63. The van der Waals surface area contributed by atoms with Crippen LogP contribution < -0.4 is 0 Å². The summed E-state index contributed by atoms with van der Waals surface area (Å²) in [7, 11) is 0. The van der Waals surface area contributed by atoms with Crippen LogP contribution in [0.4, 0.5) is 0 Å². The van der Waals surface area contributed by atoms with E-state index in [-0.39, 0.29) is 0 Å². The number of hydrogen-bond acceptors (Lipinski definition) is 2. The van der Waals surface area contributed by atoms with E-state index in [2.05, 4.69) is 16.0 Å². The van der Waals surface area contributed by atoms with Crippen LogP contribution in [0.2, 0.25) is 0 Å². The van der Waals surface area contributed by atoms with Crippen molar-refractivity contribution in [2.75, 3.05) is 0 Å². The SMILES string of the molecule is [c]1ccccc1C=Cc1cnccn1. The molecule has 1 heterocycles. The topological polar surface area (TPSA) is 25.8 Å². The van der Waals surface area contributed by atoms with Crippen LogP contribution >= 0.6 is 0 Å². The number of nitrogens with zero attached hydrogens (tertiary/aromatic N) is 2. The number of benzene rings is 1. The molecular weight excluding hydrogens is 172 g/mol. The summed E-state index contributed by atoms with van der Waals surface area (Å²) >= 11 is 0. The van der Waals surface area contributed by atoms with E-state index in [1.807, 2.05) is 36.4 Å². The Labute approximate surface area is 83.0 Å². The van der Waals surface area contributed by atoms with Gasteiger partial charge in [-0.1, -0.05) is 30.3 Å². The van der Waals surface area contributed by atoms with Gasteiger partial charge >= 0.3 is 0 Å². The van der Waals surface area contributed by atoms with Gasteiger partial charge in [-0.3, -0.25) is 9.97 Å². The van der Waals surface area contributed by atoms with Crippen LogP contribution in [0.25, 0.3) is 12.2 Å². The lowest BCUT2D eigenvalue weighted by atomic mass is 10.2. The Morgan fingerprint density at radius 3 is 2.86 bits per heavy atom. The quantitative estimate of drug-likeness (QED) is 0.711. The Bertz CT molecular complexity index is 365. The van der Waals surface area contributed by atoms with Gasteiger partial charge in [-0.15, -0.1) is 0 Å². The van der Waals surface area contributed by atoms with Crippen molar-refractivity contribution in [1.29, 1.82) is 0 Å². The Morgan fingerprint density at radius 1 is 1.14 bits per heavy atom. The molecule has 0 aliphatic carbocycles. The molecule has 2 rings (SSSR count). The van der Waals surface area contributed by atoms with Crippen molar-refractivity contribution in [3.05, 3.63) is 60.2 Å². The zero-order valence-electron chi connectivity index (χ0n) is 7.59. The Hall–Kier alpha value is -1.96. The van der Waals surface area contributed by atoms with Crippen molar-refractivity contribution in [2.24, 2.45) is 0 Å². The van der Waals surface area contributed by atoms with Gasteiger partial charge in [0.2, 0.25) is 0 Å². The van der Waals surface area contributed by atoms with Gasteiger partial charge in [0, 0.05) is 12.4 Å². The van der Waals surface area contributed by atoms with Crippen molar-refractivity contribution < 1.29 is 0 Å². The highest BCUT2D eigenvalue weighted by atomic mass is 14.7. The zero-order valence-corrected chi connectivity index (χ0v) is 7.59. The third-order valence-corrected chi connectivity index (χ3v) is 1.75. The molecule has 1 aromatic heterocycles. The van der Waals surface area contributed by atoms with E-state index in [1.54, 1.807) is 18.6 Å². The summed E-state index contributed by atoms with van der Waals surface area (Å²) < 4.78 is 0. The molecule has 0 spiro atoms. The number of aromatic nitrogens is 2. The summed E-state index contributed by atoms with van der Waals surface area (Å²) in [5, 5.41) is 0. The molecule has 67 valence electrons. The molecule has 0 bridgehead atoms. The highest BCUT2D eigenvalue weighted by Gasteiger charge is 1.86. The normalized spacial score (nSPS) is 10.6. The van der Waals surface area contributed by atoms with Crippen LogP contribution in [-0.2, 0) is 0 Å². The van der Waals surface area contributed by atoms with Crippen LogP contribution in [-0.4, -0.2) is 9.97 Å². The van der Waals surface area contributed by atoms with E-state index in [9.17, 15) is 0 Å². The van der Waals surface area contributed by atoms with Crippen molar-refractivity contribution in [3.8, 4) is 0 Å². The maximum atomic E-state index is 4.13. The molecule has 0 unspecified atom stereocenters. The van der Waals surface area contributed by atoms with E-state index in [0.717, 1.165) is 11.3 Å². The summed E-state index contributed by atoms with van der Waals surface area (Å²) in [6, 6.07) is 10.9. The predicted octanol–water partition coefficient (Wildman–Crippen LogP) is 2.45. The predicted molar refractivity (Wildman–Crippen MR) is 56.2 cm³/mol. The van der Waals surface area contributed by atoms with E-state index < -0.39 is 0 Å². The van der Waals surface area contributed by atoms with Gasteiger partial charge in [0.25, 0.3) is 0 Å². The molecule has 0 fully saturated rings. The summed E-state index contributed by atoms with van der Waals surface area (Å²) in [4.78, 5) is 8.10. The molecule has 0 aliphatic rings. The van der Waals surface area contributed by atoms with Gasteiger partial charge in [0.15, 0.2) is 0 Å². The minimum absolute atomic E-state index is 0.852. The number of rotatable bonds is 2. The molecule has 2 aromatic rings. The summed E-state index contributed by atoms with van der Waals surface area (Å²) in [6.45, 7) is 0. The fraction of sp³-hybridized carbons (Fsp3) is 0. The first-order valence-electron chi connectivity index (χ1n) is 4.36. The highest BCUT2D eigenvalue weighted by Crippen LogP contribution is 2.03. The van der Waals surface area contributed by atoms with Gasteiger partial charge in [0.05, 0.1) is 11.9 Å². The van der Waals surface area contributed by atoms with E-state index in [1.165, 1.54) is 0 Å². The smallest absolute Gasteiger partial charge is 0.0813 e. The highest BCUT2D eigenvalue weighted by molar-refractivity contribution is 5.67. The molecule has 14 heavy (non-hydrogen) atoms. The molecular formula is C12H9N2. The second-order valence-corrected chi connectivity index (χ2v) is 2.78. The standard InChI is InChI=1S/C12H9N2/c1-2-4-11(5-3-1)6-7-12-10-13-8-9-14-12/h1-4,6-10H. The molecule has 0 N–H and O–H groups in total. The molecule has 0 aliphatic heterocycles. The van der Waals surface area contributed by atoms with E-state index in [4.69, 9.17) is 0 Å². The Balaban J connectivity index is 2.16. The minimum Gasteiger partial charge on any atom is -0.261 e. The van der Waals surface area contributed by atoms with Gasteiger partial charge in [-0.05, 0) is 17.7 Å². The van der Waals surface area contributed by atoms with Crippen molar-refractivity contribution >= 4 is 12.2 Å². The summed E-state index contributed by atoms with van der Waals surface area (Å²) in [6.07, 6.45) is 8.93. The molecule has 0 atom stereocenters. The summed E-state index contributed by atoms with van der Waals surface area (Å²) in [5.41, 5.74) is 1.89. The van der Waals surface area contributed by atoms with E-state index in [0.29, 0.717) is 0 Å². The zero-order chi connectivity index (χ0) is 9.64. The largest absolute Gasteiger partial charge is 0.261 e. The second kappa shape index (κ2) is 4.33. The monoisotopic (exact) mass is 181 g/mol. The van der Waals surface area contributed by atoms with Gasteiger partial charge in [-0.25, -0.2) is 0 Å². The third-order valence-electron chi connectivity index (χ3n) is 1.75. The second-order valence-electron chi connectivity index (χ2n) is 2.78. The minimum atomic E-state index is 0.852. The Morgan fingerprint density at radius 2 is 2.14 bits per heavy atom. The first-order valence-corrected chi connectivity index (χ1v) is 4.36. The van der Waals surface area contributed by atoms with Crippen LogP contribution in [0, 0.1) is 6.07 Å². The molecule has 2 nitrogen and oxygen atoms in total. The van der Waals surface area contributed by atoms with Crippen LogP contribution in [0.5, 0.6) is 0 Å². The van der Waals surface area contributed by atoms with Crippen molar-refractivity contribution in [3.63, 3.8) is 0 Å². The third kappa shape index (κ3) is 2.26. The van der Waals surface area contributed by atoms with Crippen molar-refractivity contribution in [2.45, 2.75) is 0 Å². The average Bonchev–Trinajstić information content (AvgIpc) is 2.29. The molecule has 0 saturated heterocycles. The van der Waals surface area contributed by atoms with E-state index >= 15 is 0 Å². The lowest BCUT2D eigenvalue weighted by molar-refractivity contribution is 1.18. The molecule has 1 radical (unpaired) electrons. The lowest BCUT2D eigenvalue weighted by Crippen LogP contribution is -1.79. The average molecular weight is 181 g/mol. The Kier molecular flexibility index (Phi) is 2.67. The van der Waals surface area contributed by atoms with Crippen molar-refractivity contribution in [1.82, 2.24) is 9.97 Å². The van der Waals surface area contributed by atoms with Crippen LogP contribution in [0.1, 0.15) is 11.3 Å². The van der Waals surface area contributed by atoms with Gasteiger partial charge in [-0.2, -0.15) is 0 Å². The van der Waals surface area contributed by atoms with Gasteiger partial charge < -0.3 is 0 Å². The molecule has 2 heteroatoms. The fourth-order valence-electron chi connectivity index (χ4n) is 1.08. The lowest BCUT2D eigenvalue weighted by Gasteiger charge is -1.91. The maximum Gasteiger partial charge on any atom is 0.0813 e. The molecule has 0 amide bonds. The fourth-order valence-corrected chi connectivity index (χ4v) is 1.08. The van der Waals surface area contributed by atoms with Gasteiger partial charge in [0.1, 0.15) is 0 Å². The molecule has 0 saturated carbocycles. The molecule has 1 aromatic carbocycles. The van der Waals surface area contributed by atoms with Crippen LogP contribution in [0.3, 0.4) is 0 Å².